The third-order valence-electron chi connectivity index (χ3n) is 3.24. The molecule has 5 nitrogen and oxygen atoms in total. The maximum atomic E-state index is 6.39. The van der Waals surface area contributed by atoms with Crippen molar-refractivity contribution in [2.45, 2.75) is 46.2 Å². The number of aryl methyl sites for hydroxylation is 3. The number of hydrogen-bond acceptors (Lipinski definition) is 4. The van der Waals surface area contributed by atoms with Gasteiger partial charge in [0.1, 0.15) is 5.82 Å². The van der Waals surface area contributed by atoms with Gasteiger partial charge in [0.25, 0.3) is 0 Å². The summed E-state index contributed by atoms with van der Waals surface area (Å²) in [6.45, 7) is 6.81. The first-order valence-corrected chi connectivity index (χ1v) is 7.22. The zero-order valence-corrected chi connectivity index (χ0v) is 12.9. The van der Waals surface area contributed by atoms with Crippen molar-refractivity contribution in [1.82, 2.24) is 19.7 Å². The largest absolute Gasteiger partial charge is 0.321 e. The van der Waals surface area contributed by atoms with Crippen molar-refractivity contribution in [3.05, 3.63) is 40.2 Å². The lowest BCUT2D eigenvalue weighted by molar-refractivity contribution is 0.573. The maximum Gasteiger partial charge on any atom is 0.145 e. The van der Waals surface area contributed by atoms with Gasteiger partial charge in [-0.25, -0.2) is 9.97 Å². The summed E-state index contributed by atoms with van der Waals surface area (Å²) >= 11 is 6.39. The van der Waals surface area contributed by atoms with E-state index in [-0.39, 0.29) is 6.04 Å². The van der Waals surface area contributed by atoms with Gasteiger partial charge in [0.2, 0.25) is 0 Å². The molecular formula is C14H20ClN5. The van der Waals surface area contributed by atoms with Gasteiger partial charge in [0.15, 0.2) is 0 Å². The molecule has 0 fully saturated rings. The van der Waals surface area contributed by atoms with Crippen LogP contribution < -0.4 is 5.73 Å². The molecule has 2 heterocycles. The molecule has 0 aliphatic carbocycles. The van der Waals surface area contributed by atoms with Crippen LogP contribution in [0.5, 0.6) is 0 Å². The van der Waals surface area contributed by atoms with E-state index in [9.17, 15) is 0 Å². The van der Waals surface area contributed by atoms with Crippen molar-refractivity contribution in [2.24, 2.45) is 5.73 Å². The Labute approximate surface area is 124 Å². The Hall–Kier alpha value is -1.46. The Morgan fingerprint density at radius 1 is 1.30 bits per heavy atom. The van der Waals surface area contributed by atoms with Crippen molar-refractivity contribution >= 4 is 11.6 Å². The Morgan fingerprint density at radius 2 is 1.95 bits per heavy atom. The van der Waals surface area contributed by atoms with Gasteiger partial charge >= 0.3 is 0 Å². The molecule has 0 aliphatic heterocycles. The second kappa shape index (κ2) is 6.33. The summed E-state index contributed by atoms with van der Waals surface area (Å²) in [5.74, 6) is 0.633. The highest BCUT2D eigenvalue weighted by atomic mass is 35.5. The summed E-state index contributed by atoms with van der Waals surface area (Å²) < 4.78 is 1.91. The minimum atomic E-state index is -0.278. The van der Waals surface area contributed by atoms with Crippen LogP contribution in [0.1, 0.15) is 42.7 Å². The van der Waals surface area contributed by atoms with Crippen LogP contribution in [0.2, 0.25) is 5.02 Å². The highest BCUT2D eigenvalue weighted by molar-refractivity contribution is 6.31. The van der Waals surface area contributed by atoms with Gasteiger partial charge in [-0.15, -0.1) is 0 Å². The molecule has 2 rings (SSSR count). The van der Waals surface area contributed by atoms with Gasteiger partial charge < -0.3 is 5.73 Å². The number of halogens is 1. The van der Waals surface area contributed by atoms with Crippen molar-refractivity contribution in [1.29, 1.82) is 0 Å². The Kier molecular flexibility index (Phi) is 4.73. The van der Waals surface area contributed by atoms with E-state index >= 15 is 0 Å². The van der Waals surface area contributed by atoms with E-state index in [0.29, 0.717) is 12.2 Å². The predicted molar refractivity (Wildman–Crippen MR) is 79.7 cm³/mol. The van der Waals surface area contributed by atoms with Crippen LogP contribution in [0.4, 0.5) is 0 Å². The van der Waals surface area contributed by atoms with Crippen molar-refractivity contribution < 1.29 is 0 Å². The van der Waals surface area contributed by atoms with Gasteiger partial charge in [-0.1, -0.05) is 18.5 Å². The molecule has 0 spiro atoms. The molecular weight excluding hydrogens is 274 g/mol. The predicted octanol–water partition coefficient (Wildman–Crippen LogP) is 2.46. The SMILES string of the molecule is CCc1nn(CC)c(CC(N)c2ncc(C)cn2)c1Cl. The minimum absolute atomic E-state index is 0.278. The van der Waals surface area contributed by atoms with Crippen molar-refractivity contribution in [3.8, 4) is 0 Å². The first-order chi connectivity index (χ1) is 9.56. The highest BCUT2D eigenvalue weighted by Crippen LogP contribution is 2.25. The quantitative estimate of drug-likeness (QED) is 0.919. The number of aromatic nitrogens is 4. The molecule has 0 saturated heterocycles. The van der Waals surface area contributed by atoms with Gasteiger partial charge in [-0.05, 0) is 25.8 Å². The average Bonchev–Trinajstić information content (AvgIpc) is 2.76. The van der Waals surface area contributed by atoms with E-state index in [2.05, 4.69) is 15.1 Å². The third-order valence-corrected chi connectivity index (χ3v) is 3.68. The summed E-state index contributed by atoms with van der Waals surface area (Å²) in [6, 6.07) is -0.278. The number of nitrogens with zero attached hydrogens (tertiary/aromatic N) is 4. The fraction of sp³-hybridized carbons (Fsp3) is 0.500. The van der Waals surface area contributed by atoms with E-state index < -0.39 is 0 Å². The number of hydrogen-bond donors (Lipinski definition) is 1. The van der Waals surface area contributed by atoms with Crippen LogP contribution in [0.25, 0.3) is 0 Å². The van der Waals surface area contributed by atoms with Crippen molar-refractivity contribution in [3.63, 3.8) is 0 Å². The molecule has 0 saturated carbocycles. The Bertz CT molecular complexity index is 576. The van der Waals surface area contributed by atoms with Gasteiger partial charge in [-0.3, -0.25) is 4.68 Å². The smallest absolute Gasteiger partial charge is 0.145 e. The van der Waals surface area contributed by atoms with Crippen LogP contribution >= 0.6 is 11.6 Å². The normalized spacial score (nSPS) is 12.7. The molecule has 0 bridgehead atoms. The van der Waals surface area contributed by atoms with Crippen LogP contribution in [0.3, 0.4) is 0 Å². The number of nitrogens with two attached hydrogens (primary N) is 1. The molecule has 20 heavy (non-hydrogen) atoms. The van der Waals surface area contributed by atoms with Crippen molar-refractivity contribution in [2.75, 3.05) is 0 Å². The standard InChI is InChI=1S/C14H20ClN5/c1-4-11-13(15)12(20(5-2)19-11)6-10(16)14-17-7-9(3)8-18-14/h7-8,10H,4-6,16H2,1-3H3. The van der Waals surface area contributed by atoms with Crippen LogP contribution in [-0.2, 0) is 19.4 Å². The lowest BCUT2D eigenvalue weighted by Crippen LogP contribution is -2.19. The molecule has 2 aromatic heterocycles. The second-order valence-electron chi connectivity index (χ2n) is 4.81. The summed E-state index contributed by atoms with van der Waals surface area (Å²) in [5.41, 5.74) is 9.09. The van der Waals surface area contributed by atoms with E-state index in [1.807, 2.05) is 25.5 Å². The van der Waals surface area contributed by atoms with Crippen LogP contribution in [-0.4, -0.2) is 19.7 Å². The fourth-order valence-corrected chi connectivity index (χ4v) is 2.45. The minimum Gasteiger partial charge on any atom is -0.321 e. The molecule has 6 heteroatoms. The molecule has 0 aliphatic rings. The van der Waals surface area contributed by atoms with Gasteiger partial charge in [0.05, 0.1) is 22.5 Å². The summed E-state index contributed by atoms with van der Waals surface area (Å²) in [4.78, 5) is 8.56. The molecule has 1 atom stereocenters. The van der Waals surface area contributed by atoms with Crippen LogP contribution in [0.15, 0.2) is 12.4 Å². The molecule has 2 aromatic rings. The lowest BCUT2D eigenvalue weighted by atomic mass is 10.1. The Morgan fingerprint density at radius 3 is 2.50 bits per heavy atom. The number of rotatable bonds is 5. The first-order valence-electron chi connectivity index (χ1n) is 6.84. The monoisotopic (exact) mass is 293 g/mol. The zero-order valence-electron chi connectivity index (χ0n) is 12.1. The molecule has 2 N–H and O–H groups in total. The molecule has 0 radical (unpaired) electrons. The summed E-state index contributed by atoms with van der Waals surface area (Å²) in [7, 11) is 0. The summed E-state index contributed by atoms with van der Waals surface area (Å²) in [6.07, 6.45) is 4.95. The summed E-state index contributed by atoms with van der Waals surface area (Å²) in [5, 5.41) is 5.22. The Balaban J connectivity index is 2.25. The molecule has 1 unspecified atom stereocenters. The molecule has 0 amide bonds. The topological polar surface area (TPSA) is 69.6 Å². The molecule has 108 valence electrons. The first kappa shape index (κ1) is 14.9. The van der Waals surface area contributed by atoms with Crippen LogP contribution in [0, 0.1) is 6.92 Å². The van der Waals surface area contributed by atoms with E-state index in [1.54, 1.807) is 12.4 Å². The maximum absolute atomic E-state index is 6.39. The lowest BCUT2D eigenvalue weighted by Gasteiger charge is -2.11. The van der Waals surface area contributed by atoms with E-state index in [4.69, 9.17) is 17.3 Å². The van der Waals surface area contributed by atoms with Gasteiger partial charge in [-0.2, -0.15) is 5.10 Å². The van der Waals surface area contributed by atoms with E-state index in [0.717, 1.165) is 34.9 Å². The zero-order chi connectivity index (χ0) is 14.7. The molecule has 0 aromatic carbocycles. The average molecular weight is 294 g/mol. The van der Waals surface area contributed by atoms with Gasteiger partial charge in [0, 0.05) is 25.4 Å². The third kappa shape index (κ3) is 2.99. The highest BCUT2D eigenvalue weighted by Gasteiger charge is 2.19. The fourth-order valence-electron chi connectivity index (χ4n) is 2.11. The second-order valence-corrected chi connectivity index (χ2v) is 5.18. The van der Waals surface area contributed by atoms with E-state index in [1.165, 1.54) is 0 Å².